The van der Waals surface area contributed by atoms with Gasteiger partial charge in [-0.25, -0.2) is 17.8 Å². The number of imidazole rings is 1. The number of likely N-dealkylation sites (tertiary alicyclic amines) is 1. The molecule has 1 unspecified atom stereocenters. The Labute approximate surface area is 182 Å². The highest BCUT2D eigenvalue weighted by molar-refractivity contribution is 8.06. The fourth-order valence-electron chi connectivity index (χ4n) is 3.53. The molecule has 1 amide bonds. The molecule has 1 saturated heterocycles. The van der Waals surface area contributed by atoms with Gasteiger partial charge in [0.15, 0.2) is 14.6 Å². The molecule has 1 fully saturated rings. The largest absolute Gasteiger partial charge is 0.416 e. The molecule has 164 valence electrons. The van der Waals surface area contributed by atoms with Crippen LogP contribution in [0.3, 0.4) is 0 Å². The molecule has 30 heavy (non-hydrogen) atoms. The van der Waals surface area contributed by atoms with E-state index in [0.29, 0.717) is 18.9 Å². The molecule has 6 nitrogen and oxygen atoms in total. The lowest BCUT2D eigenvalue weighted by Crippen LogP contribution is -2.47. The van der Waals surface area contributed by atoms with E-state index in [2.05, 4.69) is 17.6 Å². The van der Waals surface area contributed by atoms with Gasteiger partial charge in [0.05, 0.1) is 10.5 Å². The number of aromatic amines is 1. The molecule has 2 aromatic rings. The summed E-state index contributed by atoms with van der Waals surface area (Å²) in [6.45, 7) is 1.96. The lowest BCUT2D eigenvalue weighted by molar-refractivity contribution is -0.137. The summed E-state index contributed by atoms with van der Waals surface area (Å²) < 4.78 is 65.2. The maximum absolute atomic E-state index is 13.1. The van der Waals surface area contributed by atoms with Gasteiger partial charge in [-0.05, 0) is 56.1 Å². The molecule has 1 aromatic carbocycles. The molecule has 3 rings (SSSR count). The van der Waals surface area contributed by atoms with Crippen molar-refractivity contribution in [3.05, 3.63) is 47.0 Å². The summed E-state index contributed by atoms with van der Waals surface area (Å²) in [5.41, 5.74) is -1.03. The number of carbonyl (C=O) groups is 1. The number of alkyl halides is 3. The Morgan fingerprint density at radius 1 is 1.27 bits per heavy atom. The van der Waals surface area contributed by atoms with Gasteiger partial charge in [0.2, 0.25) is 0 Å². The second-order valence-electron chi connectivity index (χ2n) is 7.26. The number of benzene rings is 1. The summed E-state index contributed by atoms with van der Waals surface area (Å²) in [5, 5.41) is 0. The lowest BCUT2D eigenvalue weighted by Gasteiger charge is -2.39. The van der Waals surface area contributed by atoms with Crippen molar-refractivity contribution < 1.29 is 26.4 Å². The van der Waals surface area contributed by atoms with Crippen LogP contribution in [-0.4, -0.2) is 46.1 Å². The molecule has 0 aliphatic carbocycles. The van der Waals surface area contributed by atoms with Crippen molar-refractivity contribution >= 4 is 40.7 Å². The van der Waals surface area contributed by atoms with Crippen LogP contribution in [0.1, 0.15) is 25.3 Å². The molecular weight excluding hydrogens is 459 g/mol. The van der Waals surface area contributed by atoms with E-state index in [1.807, 2.05) is 0 Å². The molecule has 12 heteroatoms. The molecule has 1 aliphatic heterocycles. The normalized spacial score (nSPS) is 18.2. The lowest BCUT2D eigenvalue weighted by atomic mass is 9.93. The number of nitrogens with zero attached hydrogens (tertiary/aromatic N) is 2. The number of H-pyrrole nitrogens is 1. The van der Waals surface area contributed by atoms with Crippen LogP contribution in [0.5, 0.6) is 0 Å². The first kappa shape index (κ1) is 22.9. The number of piperidine rings is 1. The highest BCUT2D eigenvalue weighted by Gasteiger charge is 2.46. The quantitative estimate of drug-likeness (QED) is 0.507. The summed E-state index contributed by atoms with van der Waals surface area (Å²) >= 11 is 9.43. The molecule has 1 aromatic heterocycles. The Balaban J connectivity index is 1.78. The number of hydrogen-bond acceptors (Lipinski definition) is 5. The maximum Gasteiger partial charge on any atom is 0.416 e. The molecule has 1 aliphatic rings. The topological polar surface area (TPSA) is 75.2 Å². The average molecular weight is 480 g/mol. The molecule has 2 heterocycles. The van der Waals surface area contributed by atoms with Gasteiger partial charge in [-0.2, -0.15) is 25.8 Å². The second kappa shape index (κ2) is 8.04. The van der Waals surface area contributed by atoms with E-state index in [4.69, 9.17) is 12.2 Å². The predicted octanol–water partition coefficient (Wildman–Crippen LogP) is 4.36. The Morgan fingerprint density at radius 2 is 1.90 bits per heavy atom. The Hall–Kier alpha value is -1.79. The van der Waals surface area contributed by atoms with Crippen molar-refractivity contribution in [3.63, 3.8) is 0 Å². The number of halogens is 3. The van der Waals surface area contributed by atoms with Gasteiger partial charge in [-0.15, -0.1) is 0 Å². The zero-order chi connectivity index (χ0) is 22.3. The smallest absolute Gasteiger partial charge is 0.337 e. The van der Waals surface area contributed by atoms with Gasteiger partial charge in [0.25, 0.3) is 0 Å². The van der Waals surface area contributed by atoms with Gasteiger partial charge in [0.1, 0.15) is 4.08 Å². The van der Waals surface area contributed by atoms with Crippen molar-refractivity contribution in [2.75, 3.05) is 13.1 Å². The average Bonchev–Trinajstić information content (AvgIpc) is 3.12. The summed E-state index contributed by atoms with van der Waals surface area (Å²) in [6, 6.07) is 3.36. The number of carbonyl (C=O) groups excluding carboxylic acids is 1. The summed E-state index contributed by atoms with van der Waals surface area (Å²) in [4.78, 5) is 16.4. The van der Waals surface area contributed by atoms with E-state index in [1.54, 1.807) is 11.1 Å². The van der Waals surface area contributed by atoms with Crippen molar-refractivity contribution in [1.29, 1.82) is 0 Å². The number of aromatic nitrogens is 2. The van der Waals surface area contributed by atoms with Gasteiger partial charge in [-0.3, -0.25) is 0 Å². The van der Waals surface area contributed by atoms with Crippen LogP contribution in [0.15, 0.2) is 41.6 Å². The number of nitrogens with one attached hydrogen (secondary N) is 1. The standard InChI is InChI=1S/C18H20F3N3O3S3/c1-17(29,30(26,27)14-4-2-3-13(11-14)18(19,20)21)12-5-8-23(9-6-12)16(25)24-10-7-22-15(24)28/h2-4,7,10-12,29H,5-6,8-9H2,1H3,(H,22,28). The van der Waals surface area contributed by atoms with Crippen molar-refractivity contribution in [2.24, 2.45) is 5.92 Å². The molecule has 0 radical (unpaired) electrons. The zero-order valence-corrected chi connectivity index (χ0v) is 18.4. The first-order valence-electron chi connectivity index (χ1n) is 9.05. The third kappa shape index (κ3) is 4.17. The van der Waals surface area contributed by atoms with Gasteiger partial charge in [-0.1, -0.05) is 6.07 Å². The van der Waals surface area contributed by atoms with Crippen LogP contribution in [0.4, 0.5) is 18.0 Å². The fraction of sp³-hybridized carbons (Fsp3) is 0.444. The summed E-state index contributed by atoms with van der Waals surface area (Å²) in [7, 11) is -4.17. The third-order valence-electron chi connectivity index (χ3n) is 5.39. The first-order valence-corrected chi connectivity index (χ1v) is 11.4. The number of amides is 1. The van der Waals surface area contributed by atoms with Gasteiger partial charge >= 0.3 is 12.2 Å². The van der Waals surface area contributed by atoms with Gasteiger partial charge < -0.3 is 9.88 Å². The van der Waals surface area contributed by atoms with Crippen molar-refractivity contribution in [2.45, 2.75) is 34.9 Å². The van der Waals surface area contributed by atoms with Crippen LogP contribution in [-0.2, 0) is 16.0 Å². The van der Waals surface area contributed by atoms with Crippen molar-refractivity contribution in [3.8, 4) is 0 Å². The van der Waals surface area contributed by atoms with E-state index >= 15 is 0 Å². The first-order chi connectivity index (χ1) is 13.9. The zero-order valence-electron chi connectivity index (χ0n) is 15.9. The minimum Gasteiger partial charge on any atom is -0.337 e. The SMILES string of the molecule is CC(S)(C1CCN(C(=O)n2cc[nH]c2=S)CC1)S(=O)(=O)c1cccc(C(F)(F)F)c1. The molecule has 0 saturated carbocycles. The Kier molecular flexibility index (Phi) is 6.14. The van der Waals surface area contributed by atoms with Crippen LogP contribution < -0.4 is 0 Å². The fourth-order valence-corrected chi connectivity index (χ4v) is 6.00. The van der Waals surface area contributed by atoms with E-state index in [1.165, 1.54) is 17.7 Å². The van der Waals surface area contributed by atoms with Crippen molar-refractivity contribution in [1.82, 2.24) is 14.5 Å². The van der Waals surface area contributed by atoms with Crippen LogP contribution >= 0.6 is 24.8 Å². The highest BCUT2D eigenvalue weighted by Crippen LogP contribution is 2.42. The molecule has 0 bridgehead atoms. The summed E-state index contributed by atoms with van der Waals surface area (Å²) in [6.07, 6.45) is -0.927. The number of rotatable bonds is 3. The van der Waals surface area contributed by atoms with E-state index in [9.17, 15) is 26.4 Å². The van der Waals surface area contributed by atoms with E-state index in [0.717, 1.165) is 18.2 Å². The van der Waals surface area contributed by atoms with Gasteiger partial charge in [0, 0.05) is 25.5 Å². The molecule has 0 spiro atoms. The van der Waals surface area contributed by atoms with Crippen LogP contribution in [0.25, 0.3) is 0 Å². The highest BCUT2D eigenvalue weighted by atomic mass is 32.2. The van der Waals surface area contributed by atoms with Crippen LogP contribution in [0, 0.1) is 10.7 Å². The Bertz CT molecular complexity index is 1100. The predicted molar refractivity (Wildman–Crippen MR) is 111 cm³/mol. The number of thiol groups is 1. The minimum absolute atomic E-state index is 0.258. The Morgan fingerprint density at radius 3 is 2.43 bits per heavy atom. The van der Waals surface area contributed by atoms with Crippen LogP contribution in [0.2, 0.25) is 0 Å². The number of hydrogen-bond donors (Lipinski definition) is 2. The van der Waals surface area contributed by atoms with E-state index in [-0.39, 0.29) is 23.9 Å². The molecule has 1 N–H and O–H groups in total. The van der Waals surface area contributed by atoms with E-state index < -0.39 is 36.5 Å². The minimum atomic E-state index is -4.65. The maximum atomic E-state index is 13.1. The summed E-state index contributed by atoms with van der Waals surface area (Å²) in [5.74, 6) is -0.455. The number of sulfone groups is 1. The molecule has 1 atom stereocenters. The second-order valence-corrected chi connectivity index (χ2v) is 11.2. The third-order valence-corrected chi connectivity index (χ3v) is 9.09. The monoisotopic (exact) mass is 479 g/mol. The molecular formula is C18H20F3N3O3S3.